The van der Waals surface area contributed by atoms with Crippen molar-refractivity contribution >= 4 is 29.5 Å². The molecular weight excluding hydrogens is 376 g/mol. The number of amides is 3. The van der Waals surface area contributed by atoms with Crippen LogP contribution < -0.4 is 10.1 Å². The summed E-state index contributed by atoms with van der Waals surface area (Å²) in [6.07, 6.45) is 5.79. The average Bonchev–Trinajstić information content (AvgIpc) is 3.29. The van der Waals surface area contributed by atoms with Crippen molar-refractivity contribution in [1.82, 2.24) is 10.2 Å². The molecule has 1 atom stereocenters. The van der Waals surface area contributed by atoms with Crippen molar-refractivity contribution in [2.45, 2.75) is 50.0 Å². The molecule has 2 aliphatic rings. The third-order valence-electron chi connectivity index (χ3n) is 5.77. The van der Waals surface area contributed by atoms with Crippen LogP contribution in [-0.2, 0) is 19.8 Å². The second-order valence-electron chi connectivity index (χ2n) is 7.51. The molecule has 1 saturated carbocycles. The molecule has 152 valence electrons. The van der Waals surface area contributed by atoms with E-state index < -0.39 is 5.41 Å². The van der Waals surface area contributed by atoms with Gasteiger partial charge in [0.1, 0.15) is 5.75 Å². The SMILES string of the molecule is COc1ccc([C@]2(CC(=O)NCCSC)CC(=O)N(C3CCCC3)C2=O)cc1. The molecule has 28 heavy (non-hydrogen) atoms. The number of hydrogen-bond donors (Lipinski definition) is 1. The van der Waals surface area contributed by atoms with Crippen molar-refractivity contribution in [1.29, 1.82) is 0 Å². The minimum Gasteiger partial charge on any atom is -0.497 e. The lowest BCUT2D eigenvalue weighted by atomic mass is 9.75. The van der Waals surface area contributed by atoms with Crippen LogP contribution in [0, 0.1) is 0 Å². The summed E-state index contributed by atoms with van der Waals surface area (Å²) in [4.78, 5) is 40.5. The summed E-state index contributed by atoms with van der Waals surface area (Å²) < 4.78 is 5.22. The fraction of sp³-hybridized carbons (Fsp3) is 0.571. The molecule has 1 N–H and O–H groups in total. The van der Waals surface area contributed by atoms with E-state index in [-0.39, 0.29) is 36.6 Å². The largest absolute Gasteiger partial charge is 0.497 e. The van der Waals surface area contributed by atoms with E-state index in [0.717, 1.165) is 31.4 Å². The third-order valence-corrected chi connectivity index (χ3v) is 6.39. The minimum atomic E-state index is -1.13. The Hall–Kier alpha value is -2.02. The van der Waals surface area contributed by atoms with Gasteiger partial charge in [-0.1, -0.05) is 25.0 Å². The van der Waals surface area contributed by atoms with Crippen LogP contribution in [-0.4, -0.2) is 54.3 Å². The molecule has 3 amide bonds. The molecule has 6 nitrogen and oxygen atoms in total. The molecule has 0 spiro atoms. The molecule has 1 heterocycles. The first-order valence-corrected chi connectivity index (χ1v) is 11.2. The number of nitrogens with zero attached hydrogens (tertiary/aromatic N) is 1. The number of methoxy groups -OCH3 is 1. The van der Waals surface area contributed by atoms with Crippen LogP contribution in [0.1, 0.15) is 44.1 Å². The zero-order chi connectivity index (χ0) is 20.1. The highest BCUT2D eigenvalue weighted by atomic mass is 32.2. The molecule has 1 aromatic rings. The lowest BCUT2D eigenvalue weighted by molar-refractivity contribution is -0.143. The molecule has 0 radical (unpaired) electrons. The Kier molecular flexibility index (Phi) is 6.65. The van der Waals surface area contributed by atoms with E-state index in [1.165, 1.54) is 4.90 Å². The standard InChI is InChI=1S/C21H28N2O4S/c1-27-17-9-7-15(8-10-17)21(13-18(24)22-11-12-28-2)14-19(25)23(20(21)26)16-5-3-4-6-16/h7-10,16H,3-6,11-14H2,1-2H3,(H,22,24)/t21-/m0/s1. The van der Waals surface area contributed by atoms with Gasteiger partial charge in [0.15, 0.2) is 0 Å². The predicted molar refractivity (Wildman–Crippen MR) is 109 cm³/mol. The van der Waals surface area contributed by atoms with Crippen LogP contribution in [0.4, 0.5) is 0 Å². The molecule has 7 heteroatoms. The molecule has 3 rings (SSSR count). The lowest BCUT2D eigenvalue weighted by Crippen LogP contribution is -2.45. The monoisotopic (exact) mass is 404 g/mol. The molecule has 1 saturated heterocycles. The second-order valence-corrected chi connectivity index (χ2v) is 8.50. The Morgan fingerprint density at radius 3 is 2.54 bits per heavy atom. The maximum absolute atomic E-state index is 13.5. The first kappa shape index (κ1) is 20.7. The highest BCUT2D eigenvalue weighted by Gasteiger charge is 2.55. The van der Waals surface area contributed by atoms with Gasteiger partial charge in [-0.2, -0.15) is 11.8 Å². The van der Waals surface area contributed by atoms with Crippen molar-refractivity contribution in [2.24, 2.45) is 0 Å². The Morgan fingerprint density at radius 2 is 1.93 bits per heavy atom. The van der Waals surface area contributed by atoms with Crippen molar-refractivity contribution in [3.8, 4) is 5.75 Å². The number of rotatable bonds is 8. The van der Waals surface area contributed by atoms with Gasteiger partial charge in [0.05, 0.1) is 12.5 Å². The summed E-state index contributed by atoms with van der Waals surface area (Å²) in [7, 11) is 1.58. The maximum Gasteiger partial charge on any atom is 0.241 e. The van der Waals surface area contributed by atoms with Gasteiger partial charge in [0.25, 0.3) is 0 Å². The molecule has 0 unspecified atom stereocenters. The van der Waals surface area contributed by atoms with Crippen LogP contribution in [0.3, 0.4) is 0 Å². The summed E-state index contributed by atoms with van der Waals surface area (Å²) in [5.74, 6) is 0.897. The van der Waals surface area contributed by atoms with Crippen LogP contribution in [0.2, 0.25) is 0 Å². The van der Waals surface area contributed by atoms with E-state index in [9.17, 15) is 14.4 Å². The van der Waals surface area contributed by atoms with Gasteiger partial charge in [-0.3, -0.25) is 19.3 Å². The smallest absolute Gasteiger partial charge is 0.241 e. The number of benzene rings is 1. The van der Waals surface area contributed by atoms with E-state index in [1.54, 1.807) is 43.1 Å². The van der Waals surface area contributed by atoms with Gasteiger partial charge in [-0.25, -0.2) is 0 Å². The zero-order valence-electron chi connectivity index (χ0n) is 16.5. The molecule has 0 bridgehead atoms. The van der Waals surface area contributed by atoms with Crippen LogP contribution in [0.5, 0.6) is 5.75 Å². The fourth-order valence-corrected chi connectivity index (χ4v) is 4.61. The van der Waals surface area contributed by atoms with Crippen molar-refractivity contribution in [3.63, 3.8) is 0 Å². The number of carbonyl (C=O) groups is 3. The quantitative estimate of drug-likeness (QED) is 0.532. The fourth-order valence-electron chi connectivity index (χ4n) is 4.30. The van der Waals surface area contributed by atoms with E-state index in [4.69, 9.17) is 4.74 Å². The van der Waals surface area contributed by atoms with Crippen LogP contribution >= 0.6 is 11.8 Å². The second kappa shape index (κ2) is 8.99. The maximum atomic E-state index is 13.5. The molecule has 1 aliphatic carbocycles. The average molecular weight is 405 g/mol. The Bertz CT molecular complexity index is 730. The summed E-state index contributed by atoms with van der Waals surface area (Å²) in [6.45, 7) is 0.549. The Balaban J connectivity index is 1.91. The number of nitrogens with one attached hydrogen (secondary N) is 1. The van der Waals surface area contributed by atoms with Crippen LogP contribution in [0.25, 0.3) is 0 Å². The Morgan fingerprint density at radius 1 is 1.25 bits per heavy atom. The zero-order valence-corrected chi connectivity index (χ0v) is 17.3. The van der Waals surface area contributed by atoms with E-state index in [2.05, 4.69) is 5.32 Å². The Labute approximate surface area is 170 Å². The number of ether oxygens (including phenoxy) is 1. The molecule has 1 aromatic carbocycles. The highest BCUT2D eigenvalue weighted by Crippen LogP contribution is 2.43. The predicted octanol–water partition coefficient (Wildman–Crippen LogP) is 2.50. The van der Waals surface area contributed by atoms with Gasteiger partial charge < -0.3 is 10.1 Å². The lowest BCUT2D eigenvalue weighted by Gasteiger charge is -2.29. The first-order valence-electron chi connectivity index (χ1n) is 9.78. The number of thioether (sulfide) groups is 1. The van der Waals surface area contributed by atoms with E-state index in [1.807, 2.05) is 6.26 Å². The molecule has 1 aliphatic heterocycles. The number of carbonyl (C=O) groups excluding carboxylic acids is 3. The highest BCUT2D eigenvalue weighted by molar-refractivity contribution is 7.98. The third kappa shape index (κ3) is 4.04. The molecule has 2 fully saturated rings. The van der Waals surface area contributed by atoms with Gasteiger partial charge in [0.2, 0.25) is 17.7 Å². The first-order chi connectivity index (χ1) is 13.5. The number of imide groups is 1. The summed E-state index contributed by atoms with van der Waals surface area (Å²) in [5.41, 5.74) is -0.429. The topological polar surface area (TPSA) is 75.7 Å². The summed E-state index contributed by atoms with van der Waals surface area (Å²) in [6, 6.07) is 7.13. The van der Waals surface area contributed by atoms with Crippen LogP contribution in [0.15, 0.2) is 24.3 Å². The van der Waals surface area contributed by atoms with Gasteiger partial charge in [0, 0.05) is 31.2 Å². The summed E-state index contributed by atoms with van der Waals surface area (Å²) in [5, 5.41) is 2.88. The molecular formula is C21H28N2O4S. The minimum absolute atomic E-state index is 0.0124. The summed E-state index contributed by atoms with van der Waals surface area (Å²) >= 11 is 1.65. The van der Waals surface area contributed by atoms with E-state index in [0.29, 0.717) is 17.9 Å². The van der Waals surface area contributed by atoms with Crippen molar-refractivity contribution < 1.29 is 19.1 Å². The molecule has 0 aromatic heterocycles. The normalized spacial score (nSPS) is 22.7. The van der Waals surface area contributed by atoms with Gasteiger partial charge >= 0.3 is 0 Å². The van der Waals surface area contributed by atoms with Crippen molar-refractivity contribution in [2.75, 3.05) is 25.7 Å². The number of hydrogen-bond acceptors (Lipinski definition) is 5. The van der Waals surface area contributed by atoms with Crippen molar-refractivity contribution in [3.05, 3.63) is 29.8 Å². The van der Waals surface area contributed by atoms with Gasteiger partial charge in [-0.05, 0) is 36.8 Å². The van der Waals surface area contributed by atoms with E-state index >= 15 is 0 Å². The van der Waals surface area contributed by atoms with Gasteiger partial charge in [-0.15, -0.1) is 0 Å². The number of likely N-dealkylation sites (tertiary alicyclic amines) is 1.